The van der Waals surface area contributed by atoms with Crippen molar-refractivity contribution in [1.82, 2.24) is 5.32 Å². The van der Waals surface area contributed by atoms with Crippen LogP contribution in [0.2, 0.25) is 0 Å². The van der Waals surface area contributed by atoms with Crippen LogP contribution in [0.1, 0.15) is 30.1 Å². The monoisotopic (exact) mass is 451 g/mol. The molecule has 0 bridgehead atoms. The molecule has 2 rings (SSSR count). The summed E-state index contributed by atoms with van der Waals surface area (Å²) < 4.78 is 1.14. The SMILES string of the molecule is CCCCNC(=O)c1cccc(NC(=O)CNc2ccc(I)cc2)c1. The van der Waals surface area contributed by atoms with Gasteiger partial charge in [-0.15, -0.1) is 0 Å². The lowest BCUT2D eigenvalue weighted by atomic mass is 10.2. The van der Waals surface area contributed by atoms with Gasteiger partial charge in [0.05, 0.1) is 6.54 Å². The number of carbonyl (C=O) groups is 2. The summed E-state index contributed by atoms with van der Waals surface area (Å²) in [5, 5.41) is 8.74. The maximum atomic E-state index is 12.1. The molecule has 0 fully saturated rings. The van der Waals surface area contributed by atoms with Gasteiger partial charge in [0.25, 0.3) is 5.91 Å². The topological polar surface area (TPSA) is 70.2 Å². The summed E-state index contributed by atoms with van der Waals surface area (Å²) in [5.41, 5.74) is 2.04. The van der Waals surface area contributed by atoms with Crippen molar-refractivity contribution < 1.29 is 9.59 Å². The third kappa shape index (κ3) is 6.74. The van der Waals surface area contributed by atoms with Crippen molar-refractivity contribution in [2.45, 2.75) is 19.8 Å². The fraction of sp³-hybridized carbons (Fsp3) is 0.263. The number of anilines is 2. The number of carbonyl (C=O) groups excluding carboxylic acids is 2. The lowest BCUT2D eigenvalue weighted by molar-refractivity contribution is -0.114. The fourth-order valence-electron chi connectivity index (χ4n) is 2.17. The summed E-state index contributed by atoms with van der Waals surface area (Å²) in [7, 11) is 0. The Kier molecular flexibility index (Phi) is 7.72. The molecule has 0 saturated heterocycles. The summed E-state index contributed by atoms with van der Waals surface area (Å²) in [6.45, 7) is 2.89. The molecule has 0 aliphatic carbocycles. The van der Waals surface area contributed by atoms with E-state index in [1.54, 1.807) is 24.3 Å². The molecule has 2 aromatic rings. The van der Waals surface area contributed by atoms with E-state index in [9.17, 15) is 9.59 Å². The molecule has 6 heteroatoms. The highest BCUT2D eigenvalue weighted by Crippen LogP contribution is 2.12. The maximum Gasteiger partial charge on any atom is 0.251 e. The van der Waals surface area contributed by atoms with E-state index in [0.717, 1.165) is 22.1 Å². The predicted octanol–water partition coefficient (Wildman–Crippen LogP) is 3.87. The Morgan fingerprint density at radius 2 is 1.80 bits per heavy atom. The van der Waals surface area contributed by atoms with E-state index < -0.39 is 0 Å². The van der Waals surface area contributed by atoms with Crippen molar-refractivity contribution in [3.63, 3.8) is 0 Å². The van der Waals surface area contributed by atoms with Gasteiger partial charge in [0.15, 0.2) is 0 Å². The Bertz CT molecular complexity index is 717. The average molecular weight is 451 g/mol. The molecule has 0 aliphatic rings. The zero-order valence-electron chi connectivity index (χ0n) is 14.1. The van der Waals surface area contributed by atoms with Crippen LogP contribution in [0.3, 0.4) is 0 Å². The van der Waals surface area contributed by atoms with Crippen LogP contribution in [0.4, 0.5) is 11.4 Å². The van der Waals surface area contributed by atoms with E-state index >= 15 is 0 Å². The van der Waals surface area contributed by atoms with Gasteiger partial charge in [0.2, 0.25) is 5.91 Å². The molecule has 0 heterocycles. The largest absolute Gasteiger partial charge is 0.376 e. The first-order chi connectivity index (χ1) is 12.1. The van der Waals surface area contributed by atoms with Gasteiger partial charge < -0.3 is 16.0 Å². The first kappa shape index (κ1) is 19.2. The van der Waals surface area contributed by atoms with Crippen LogP contribution in [0.25, 0.3) is 0 Å². The predicted molar refractivity (Wildman–Crippen MR) is 110 cm³/mol. The first-order valence-electron chi connectivity index (χ1n) is 8.26. The Hall–Kier alpha value is -2.09. The molecule has 25 heavy (non-hydrogen) atoms. The molecule has 0 aromatic heterocycles. The Labute approximate surface area is 161 Å². The van der Waals surface area contributed by atoms with Crippen LogP contribution in [0.15, 0.2) is 48.5 Å². The minimum Gasteiger partial charge on any atom is -0.376 e. The van der Waals surface area contributed by atoms with Crippen molar-refractivity contribution in [3.8, 4) is 0 Å². The van der Waals surface area contributed by atoms with Crippen molar-refractivity contribution in [3.05, 3.63) is 57.7 Å². The number of amides is 2. The van der Waals surface area contributed by atoms with Crippen LogP contribution < -0.4 is 16.0 Å². The van der Waals surface area contributed by atoms with E-state index in [1.165, 1.54) is 0 Å². The van der Waals surface area contributed by atoms with Gasteiger partial charge in [-0.1, -0.05) is 19.4 Å². The highest BCUT2D eigenvalue weighted by Gasteiger charge is 2.07. The Morgan fingerprint density at radius 3 is 2.52 bits per heavy atom. The number of nitrogens with one attached hydrogen (secondary N) is 3. The van der Waals surface area contributed by atoms with Gasteiger partial charge >= 0.3 is 0 Å². The van der Waals surface area contributed by atoms with Gasteiger partial charge in [-0.25, -0.2) is 0 Å². The second kappa shape index (κ2) is 10.0. The van der Waals surface area contributed by atoms with Crippen LogP contribution in [0.5, 0.6) is 0 Å². The van der Waals surface area contributed by atoms with E-state index in [1.807, 2.05) is 24.3 Å². The van der Waals surface area contributed by atoms with Gasteiger partial charge in [-0.2, -0.15) is 0 Å². The van der Waals surface area contributed by atoms with Crippen molar-refractivity contribution in [2.24, 2.45) is 0 Å². The molecular formula is C19H22IN3O2. The fourth-order valence-corrected chi connectivity index (χ4v) is 2.53. The summed E-state index contributed by atoms with van der Waals surface area (Å²) in [6.07, 6.45) is 1.98. The lowest BCUT2D eigenvalue weighted by Crippen LogP contribution is -2.25. The van der Waals surface area contributed by atoms with Crippen molar-refractivity contribution >= 4 is 45.8 Å². The van der Waals surface area contributed by atoms with Gasteiger partial charge in [0, 0.05) is 27.1 Å². The summed E-state index contributed by atoms with van der Waals surface area (Å²) in [6, 6.07) is 14.8. The number of unbranched alkanes of at least 4 members (excludes halogenated alkanes) is 1. The summed E-state index contributed by atoms with van der Waals surface area (Å²) >= 11 is 2.23. The highest BCUT2D eigenvalue weighted by atomic mass is 127. The number of rotatable bonds is 8. The van der Waals surface area contributed by atoms with Crippen LogP contribution in [0, 0.1) is 3.57 Å². The zero-order valence-corrected chi connectivity index (χ0v) is 16.3. The van der Waals surface area contributed by atoms with E-state index in [0.29, 0.717) is 17.8 Å². The molecule has 0 unspecified atom stereocenters. The molecule has 0 saturated carbocycles. The molecule has 2 amide bonds. The molecule has 0 spiro atoms. The van der Waals surface area contributed by atoms with E-state index in [2.05, 4.69) is 45.5 Å². The van der Waals surface area contributed by atoms with Crippen LogP contribution in [-0.4, -0.2) is 24.9 Å². The molecule has 0 radical (unpaired) electrons. The standard InChI is InChI=1S/C19H22IN3O2/c1-2-3-11-21-19(25)14-5-4-6-17(12-14)23-18(24)13-22-16-9-7-15(20)8-10-16/h4-10,12,22H,2-3,11,13H2,1H3,(H,21,25)(H,23,24). The third-order valence-electron chi connectivity index (χ3n) is 3.52. The van der Waals surface area contributed by atoms with Gasteiger partial charge in [-0.3, -0.25) is 9.59 Å². The van der Waals surface area contributed by atoms with Crippen LogP contribution in [-0.2, 0) is 4.79 Å². The first-order valence-corrected chi connectivity index (χ1v) is 9.34. The lowest BCUT2D eigenvalue weighted by Gasteiger charge is -2.09. The van der Waals surface area contributed by atoms with Gasteiger partial charge in [0.1, 0.15) is 0 Å². The normalized spacial score (nSPS) is 10.2. The number of hydrogen-bond acceptors (Lipinski definition) is 3. The second-order valence-corrected chi connectivity index (χ2v) is 6.84. The smallest absolute Gasteiger partial charge is 0.251 e. The number of hydrogen-bond donors (Lipinski definition) is 3. The molecule has 132 valence electrons. The van der Waals surface area contributed by atoms with Crippen LogP contribution >= 0.6 is 22.6 Å². The Morgan fingerprint density at radius 1 is 1.04 bits per heavy atom. The van der Waals surface area contributed by atoms with E-state index in [-0.39, 0.29) is 18.4 Å². The second-order valence-electron chi connectivity index (χ2n) is 5.60. The molecule has 3 N–H and O–H groups in total. The van der Waals surface area contributed by atoms with Crippen molar-refractivity contribution in [2.75, 3.05) is 23.7 Å². The minimum atomic E-state index is -0.165. The van der Waals surface area contributed by atoms with E-state index in [4.69, 9.17) is 0 Å². The molecule has 5 nitrogen and oxygen atoms in total. The highest BCUT2D eigenvalue weighted by molar-refractivity contribution is 14.1. The zero-order chi connectivity index (χ0) is 18.1. The third-order valence-corrected chi connectivity index (χ3v) is 4.24. The average Bonchev–Trinajstić information content (AvgIpc) is 2.61. The quantitative estimate of drug-likeness (QED) is 0.422. The Balaban J connectivity index is 1.86. The number of halogens is 1. The summed E-state index contributed by atoms with van der Waals surface area (Å²) in [4.78, 5) is 24.1. The van der Waals surface area contributed by atoms with Crippen molar-refractivity contribution in [1.29, 1.82) is 0 Å². The molecule has 0 aliphatic heterocycles. The molecular weight excluding hydrogens is 429 g/mol. The maximum absolute atomic E-state index is 12.1. The van der Waals surface area contributed by atoms with Gasteiger partial charge in [-0.05, 0) is 71.5 Å². The molecule has 2 aromatic carbocycles. The summed E-state index contributed by atoms with van der Waals surface area (Å²) in [5.74, 6) is -0.288. The molecule has 0 atom stereocenters. The minimum absolute atomic E-state index is 0.124. The number of benzene rings is 2.